The monoisotopic (exact) mass is 199 g/mol. The maximum Gasteiger partial charge on any atom is 0.358 e. The maximum absolute atomic E-state index is 11.2. The summed E-state index contributed by atoms with van der Waals surface area (Å²) in [5, 5.41) is 0. The molecule has 0 aromatic rings. The smallest absolute Gasteiger partial charge is 0.358 e. The summed E-state index contributed by atoms with van der Waals surface area (Å²) in [4.78, 5) is 18.7. The van der Waals surface area contributed by atoms with Crippen molar-refractivity contribution in [3.05, 3.63) is 11.9 Å². The van der Waals surface area contributed by atoms with Gasteiger partial charge in [-0.2, -0.15) is 0 Å². The van der Waals surface area contributed by atoms with Crippen LogP contribution in [0.5, 0.6) is 0 Å². The lowest BCUT2D eigenvalue weighted by atomic mass is 10.5. The highest BCUT2D eigenvalue weighted by atomic mass is 16.5. The number of carbonyl (C=O) groups is 1. The van der Waals surface area contributed by atoms with Crippen molar-refractivity contribution in [1.29, 1.82) is 0 Å². The molecule has 0 aliphatic carbocycles. The molecule has 0 heterocycles. The summed E-state index contributed by atoms with van der Waals surface area (Å²) in [6.45, 7) is 0. The molecule has 0 rings (SSSR count). The third kappa shape index (κ3) is 5.18. The van der Waals surface area contributed by atoms with Gasteiger partial charge in [0.1, 0.15) is 0 Å². The Balaban J connectivity index is 4.65. The highest BCUT2D eigenvalue weighted by Crippen LogP contribution is 1.99. The fraction of sp³-hybridized carbons (Fsp3) is 0.556. The van der Waals surface area contributed by atoms with E-state index in [1.165, 1.54) is 7.11 Å². The van der Waals surface area contributed by atoms with Crippen LogP contribution in [0.2, 0.25) is 0 Å². The van der Waals surface area contributed by atoms with Crippen LogP contribution in [0.3, 0.4) is 0 Å². The van der Waals surface area contributed by atoms with Gasteiger partial charge in [0.05, 0.1) is 13.4 Å². The van der Waals surface area contributed by atoms with E-state index in [2.05, 4.69) is 9.73 Å². The minimum Gasteiger partial charge on any atom is -0.464 e. The quantitative estimate of drug-likeness (QED) is 0.280. The highest BCUT2D eigenvalue weighted by molar-refractivity contribution is 5.89. The van der Waals surface area contributed by atoms with Crippen LogP contribution < -0.4 is 0 Å². The summed E-state index contributed by atoms with van der Waals surface area (Å²) in [6, 6.07) is 0. The first-order chi connectivity index (χ1) is 6.47. The van der Waals surface area contributed by atoms with Gasteiger partial charge < -0.3 is 14.5 Å². The molecular formula is C9H17N3O2. The van der Waals surface area contributed by atoms with E-state index in [4.69, 9.17) is 0 Å². The largest absolute Gasteiger partial charge is 0.464 e. The molecule has 0 aliphatic rings. The van der Waals surface area contributed by atoms with Crippen LogP contribution in [0, 0.1) is 0 Å². The van der Waals surface area contributed by atoms with Gasteiger partial charge in [0, 0.05) is 34.4 Å². The predicted octanol–water partition coefficient (Wildman–Crippen LogP) is 0.152. The lowest BCUT2D eigenvalue weighted by molar-refractivity contribution is -0.136. The van der Waals surface area contributed by atoms with Crippen LogP contribution in [-0.4, -0.2) is 57.4 Å². The molecular weight excluding hydrogens is 182 g/mol. The number of nitrogens with zero attached hydrogens (tertiary/aromatic N) is 3. The van der Waals surface area contributed by atoms with Crippen molar-refractivity contribution in [1.82, 2.24) is 9.80 Å². The second-order valence-corrected chi connectivity index (χ2v) is 3.18. The molecule has 0 aromatic heterocycles. The molecule has 0 amide bonds. The molecule has 0 radical (unpaired) electrons. The van der Waals surface area contributed by atoms with Crippen molar-refractivity contribution in [2.45, 2.75) is 0 Å². The number of hydrogen-bond acceptors (Lipinski definition) is 4. The number of hydrogen-bond donors (Lipinski definition) is 0. The van der Waals surface area contributed by atoms with Crippen molar-refractivity contribution in [3.8, 4) is 0 Å². The summed E-state index contributed by atoms with van der Waals surface area (Å²) in [7, 11) is 8.61. The van der Waals surface area contributed by atoms with E-state index in [-0.39, 0.29) is 5.70 Å². The average Bonchev–Trinajstić information content (AvgIpc) is 2.10. The number of aliphatic imine (C=N–C) groups is 1. The lowest BCUT2D eigenvalue weighted by Gasteiger charge is -2.08. The molecule has 0 N–H and O–H groups in total. The molecule has 0 spiro atoms. The highest BCUT2D eigenvalue weighted by Gasteiger charge is 2.07. The molecule has 0 saturated carbocycles. The van der Waals surface area contributed by atoms with Gasteiger partial charge in [0.15, 0.2) is 5.70 Å². The van der Waals surface area contributed by atoms with E-state index in [9.17, 15) is 4.79 Å². The first kappa shape index (κ1) is 12.5. The van der Waals surface area contributed by atoms with E-state index in [0.29, 0.717) is 0 Å². The second kappa shape index (κ2) is 6.01. The van der Waals surface area contributed by atoms with Crippen LogP contribution in [0.25, 0.3) is 0 Å². The first-order valence-electron chi connectivity index (χ1n) is 4.14. The van der Waals surface area contributed by atoms with Crippen LogP contribution >= 0.6 is 0 Å². The molecule has 0 bridgehead atoms. The zero-order valence-corrected chi connectivity index (χ0v) is 9.31. The Morgan fingerprint density at radius 2 is 1.79 bits per heavy atom. The van der Waals surface area contributed by atoms with Gasteiger partial charge in [-0.3, -0.25) is 0 Å². The maximum atomic E-state index is 11.2. The third-order valence-electron chi connectivity index (χ3n) is 1.20. The predicted molar refractivity (Wildman–Crippen MR) is 56.0 cm³/mol. The second-order valence-electron chi connectivity index (χ2n) is 3.18. The van der Waals surface area contributed by atoms with Crippen molar-refractivity contribution in [2.24, 2.45) is 4.99 Å². The topological polar surface area (TPSA) is 45.1 Å². The molecule has 0 saturated heterocycles. The molecule has 5 nitrogen and oxygen atoms in total. The van der Waals surface area contributed by atoms with Gasteiger partial charge >= 0.3 is 5.97 Å². The minimum atomic E-state index is -0.447. The zero-order valence-electron chi connectivity index (χ0n) is 9.31. The number of esters is 1. The van der Waals surface area contributed by atoms with E-state index in [0.717, 1.165) is 0 Å². The van der Waals surface area contributed by atoms with Gasteiger partial charge in [-0.05, 0) is 0 Å². The Morgan fingerprint density at radius 3 is 2.14 bits per heavy atom. The fourth-order valence-electron chi connectivity index (χ4n) is 0.666. The van der Waals surface area contributed by atoms with Crippen molar-refractivity contribution in [3.63, 3.8) is 0 Å². The van der Waals surface area contributed by atoms with E-state index >= 15 is 0 Å². The van der Waals surface area contributed by atoms with Gasteiger partial charge in [-0.15, -0.1) is 0 Å². The SMILES string of the molecule is COC(=O)/C(=C/N(C)C)N=CN(C)C. The molecule has 14 heavy (non-hydrogen) atoms. The summed E-state index contributed by atoms with van der Waals surface area (Å²) in [6.07, 6.45) is 3.15. The van der Waals surface area contributed by atoms with Crippen molar-refractivity contribution in [2.75, 3.05) is 35.3 Å². The Labute approximate surface area is 84.7 Å². The van der Waals surface area contributed by atoms with Crippen LogP contribution in [-0.2, 0) is 9.53 Å². The standard InChI is InChI=1S/C9H17N3O2/c1-11(2)6-8(9(13)14-5)10-7-12(3)4/h6-7H,1-5H3/b8-6-,10-7?. The molecule has 0 atom stereocenters. The Hall–Kier alpha value is -1.52. The van der Waals surface area contributed by atoms with Gasteiger partial charge in [-0.1, -0.05) is 0 Å². The average molecular weight is 199 g/mol. The van der Waals surface area contributed by atoms with Crippen LogP contribution in [0.1, 0.15) is 0 Å². The third-order valence-corrected chi connectivity index (χ3v) is 1.20. The fourth-order valence-corrected chi connectivity index (χ4v) is 0.666. The lowest BCUT2D eigenvalue weighted by Crippen LogP contribution is -2.13. The summed E-state index contributed by atoms with van der Waals surface area (Å²) in [5.41, 5.74) is 0.270. The number of carbonyl (C=O) groups excluding carboxylic acids is 1. The summed E-state index contributed by atoms with van der Waals surface area (Å²) < 4.78 is 4.58. The Morgan fingerprint density at radius 1 is 1.21 bits per heavy atom. The molecule has 0 unspecified atom stereocenters. The van der Waals surface area contributed by atoms with Gasteiger partial charge in [0.2, 0.25) is 0 Å². The summed E-state index contributed by atoms with van der Waals surface area (Å²) >= 11 is 0. The molecule has 0 fully saturated rings. The molecule has 0 aliphatic heterocycles. The zero-order chi connectivity index (χ0) is 11.1. The number of methoxy groups -OCH3 is 1. The Bertz CT molecular complexity index is 244. The Kier molecular flexibility index (Phi) is 5.36. The molecule has 5 heteroatoms. The molecule has 80 valence electrons. The first-order valence-corrected chi connectivity index (χ1v) is 4.14. The van der Waals surface area contributed by atoms with Crippen molar-refractivity contribution < 1.29 is 9.53 Å². The van der Waals surface area contributed by atoms with Crippen molar-refractivity contribution >= 4 is 12.3 Å². The van der Waals surface area contributed by atoms with E-state index in [1.807, 2.05) is 28.2 Å². The summed E-state index contributed by atoms with van der Waals surface area (Å²) in [5.74, 6) is -0.447. The number of rotatable bonds is 4. The van der Waals surface area contributed by atoms with E-state index < -0.39 is 5.97 Å². The van der Waals surface area contributed by atoms with Gasteiger partial charge in [0.25, 0.3) is 0 Å². The molecule has 0 aromatic carbocycles. The van der Waals surface area contributed by atoms with Gasteiger partial charge in [-0.25, -0.2) is 9.79 Å². The van der Waals surface area contributed by atoms with E-state index in [1.54, 1.807) is 22.3 Å². The normalized spacial score (nSPS) is 11.6. The van der Waals surface area contributed by atoms with Crippen LogP contribution in [0.4, 0.5) is 0 Å². The van der Waals surface area contributed by atoms with Crippen LogP contribution in [0.15, 0.2) is 16.9 Å². The number of ether oxygens (including phenoxy) is 1. The minimum absolute atomic E-state index is 0.270.